The molecule has 0 aliphatic rings. The molecule has 6 heteroatoms. The summed E-state index contributed by atoms with van der Waals surface area (Å²) in [6, 6.07) is 6.70. The lowest BCUT2D eigenvalue weighted by atomic mass is 9.94. The minimum Gasteiger partial charge on any atom is -0.465 e. The molecule has 0 aliphatic carbocycles. The molecule has 0 unspecified atom stereocenters. The summed E-state index contributed by atoms with van der Waals surface area (Å²) in [5.74, 6) is 0. The van der Waals surface area contributed by atoms with Crippen LogP contribution >= 0.6 is 11.6 Å². The van der Waals surface area contributed by atoms with Gasteiger partial charge in [0.25, 0.3) is 0 Å². The number of hydrogen-bond acceptors (Lipinski definition) is 3. The fourth-order valence-electron chi connectivity index (χ4n) is 2.58. The molecule has 1 aromatic carbocycles. The summed E-state index contributed by atoms with van der Waals surface area (Å²) in [6.07, 6.45) is -1.47. The number of halogens is 1. The van der Waals surface area contributed by atoms with Gasteiger partial charge in [0.15, 0.2) is 0 Å². The van der Waals surface area contributed by atoms with Gasteiger partial charge in [-0.1, -0.05) is 23.7 Å². The second-order valence-corrected chi connectivity index (χ2v) is 6.79. The molecule has 0 radical (unpaired) electrons. The van der Waals surface area contributed by atoms with Crippen molar-refractivity contribution in [2.45, 2.75) is 44.9 Å². The van der Waals surface area contributed by atoms with E-state index in [1.807, 2.05) is 32.9 Å². The van der Waals surface area contributed by atoms with Gasteiger partial charge in [0.2, 0.25) is 0 Å². The summed E-state index contributed by atoms with van der Waals surface area (Å²) in [5, 5.41) is 23.5. The Labute approximate surface area is 136 Å². The molecular weight excluding hydrogens is 304 g/mol. The molecule has 0 bridgehead atoms. The van der Waals surface area contributed by atoms with Crippen molar-refractivity contribution in [2.75, 3.05) is 13.6 Å². The van der Waals surface area contributed by atoms with Gasteiger partial charge < -0.3 is 15.5 Å². The standard InChI is InChI=1S/C16H25ClN2O3/c1-16(2,3)19(15(21)22)13(14(20)10-18-4)9-11-6-5-7-12(17)8-11/h5-8,13-14,18,20H,9-10H2,1-4H3,(H,21,22)/t13-,14-/m0/s1. The second-order valence-electron chi connectivity index (χ2n) is 6.35. The van der Waals surface area contributed by atoms with E-state index in [9.17, 15) is 15.0 Å². The van der Waals surface area contributed by atoms with Gasteiger partial charge in [-0.3, -0.25) is 4.90 Å². The van der Waals surface area contributed by atoms with Crippen molar-refractivity contribution >= 4 is 17.7 Å². The molecule has 1 aromatic rings. The van der Waals surface area contributed by atoms with Gasteiger partial charge in [0, 0.05) is 17.1 Å². The number of amides is 1. The Bertz CT molecular complexity index is 502. The van der Waals surface area contributed by atoms with Crippen molar-refractivity contribution in [3.63, 3.8) is 0 Å². The van der Waals surface area contributed by atoms with Crippen LogP contribution < -0.4 is 5.32 Å². The van der Waals surface area contributed by atoms with Crippen LogP contribution in [0.4, 0.5) is 4.79 Å². The monoisotopic (exact) mass is 328 g/mol. The minimum atomic E-state index is -1.05. The molecule has 124 valence electrons. The molecule has 0 heterocycles. The maximum absolute atomic E-state index is 11.7. The lowest BCUT2D eigenvalue weighted by Gasteiger charge is -2.41. The van der Waals surface area contributed by atoms with Crippen LogP contribution in [0.3, 0.4) is 0 Å². The second kappa shape index (κ2) is 7.81. The summed E-state index contributed by atoms with van der Waals surface area (Å²) in [6.45, 7) is 5.76. The van der Waals surface area contributed by atoms with Crippen LogP contribution in [0.25, 0.3) is 0 Å². The first-order valence-corrected chi connectivity index (χ1v) is 7.64. The molecule has 22 heavy (non-hydrogen) atoms. The van der Waals surface area contributed by atoms with Gasteiger partial charge in [-0.25, -0.2) is 4.79 Å². The molecule has 0 spiro atoms. The Balaban J connectivity index is 3.14. The first-order valence-electron chi connectivity index (χ1n) is 7.26. The third kappa shape index (κ3) is 5.16. The van der Waals surface area contributed by atoms with E-state index in [0.29, 0.717) is 18.0 Å². The molecular formula is C16H25ClN2O3. The number of likely N-dealkylation sites (N-methyl/N-ethyl adjacent to an activating group) is 1. The summed E-state index contributed by atoms with van der Waals surface area (Å²) in [7, 11) is 1.72. The number of aliphatic hydroxyl groups is 1. The molecule has 0 fully saturated rings. The highest BCUT2D eigenvalue weighted by atomic mass is 35.5. The molecule has 0 aromatic heterocycles. The van der Waals surface area contributed by atoms with Crippen LogP contribution in [0.5, 0.6) is 0 Å². The van der Waals surface area contributed by atoms with Crippen LogP contribution in [0.2, 0.25) is 5.02 Å². The largest absolute Gasteiger partial charge is 0.465 e. The summed E-state index contributed by atoms with van der Waals surface area (Å²) < 4.78 is 0. The minimum absolute atomic E-state index is 0.311. The van der Waals surface area contributed by atoms with Crippen molar-refractivity contribution in [3.05, 3.63) is 34.9 Å². The normalized spacial score (nSPS) is 14.5. The zero-order valence-corrected chi connectivity index (χ0v) is 14.3. The van der Waals surface area contributed by atoms with Crippen LogP contribution in [0, 0.1) is 0 Å². The van der Waals surface area contributed by atoms with Gasteiger partial charge in [-0.15, -0.1) is 0 Å². The molecule has 3 N–H and O–H groups in total. The fraction of sp³-hybridized carbons (Fsp3) is 0.562. The fourth-order valence-corrected chi connectivity index (χ4v) is 2.79. The summed E-state index contributed by atoms with van der Waals surface area (Å²) >= 11 is 6.00. The molecule has 2 atom stereocenters. The van der Waals surface area contributed by atoms with Crippen molar-refractivity contribution < 1.29 is 15.0 Å². The number of nitrogens with one attached hydrogen (secondary N) is 1. The zero-order valence-electron chi connectivity index (χ0n) is 13.5. The Morgan fingerprint density at radius 1 is 1.41 bits per heavy atom. The average molecular weight is 329 g/mol. The molecule has 5 nitrogen and oxygen atoms in total. The Morgan fingerprint density at radius 2 is 2.05 bits per heavy atom. The topological polar surface area (TPSA) is 72.8 Å². The van der Waals surface area contributed by atoms with Crippen LogP contribution in [0.15, 0.2) is 24.3 Å². The number of carbonyl (C=O) groups is 1. The number of carboxylic acid groups (broad SMARTS) is 1. The van der Waals surface area contributed by atoms with Crippen LogP contribution in [0.1, 0.15) is 26.3 Å². The van der Waals surface area contributed by atoms with Gasteiger partial charge in [0.1, 0.15) is 0 Å². The van der Waals surface area contributed by atoms with Crippen LogP contribution in [-0.2, 0) is 6.42 Å². The first-order chi connectivity index (χ1) is 10.2. The third-order valence-corrected chi connectivity index (χ3v) is 3.69. The van der Waals surface area contributed by atoms with Gasteiger partial charge in [-0.05, 0) is 51.9 Å². The SMILES string of the molecule is CNC[C@H](O)[C@H](Cc1cccc(Cl)c1)N(C(=O)O)C(C)(C)C. The molecule has 1 rings (SSSR count). The predicted molar refractivity (Wildman–Crippen MR) is 88.5 cm³/mol. The van der Waals surface area contributed by atoms with Gasteiger partial charge in [0.05, 0.1) is 12.1 Å². The van der Waals surface area contributed by atoms with E-state index in [0.717, 1.165) is 5.56 Å². The van der Waals surface area contributed by atoms with Crippen LogP contribution in [-0.4, -0.2) is 52.5 Å². The highest BCUT2D eigenvalue weighted by Crippen LogP contribution is 2.23. The Hall–Kier alpha value is -1.30. The maximum Gasteiger partial charge on any atom is 0.408 e. The van der Waals surface area contributed by atoms with E-state index >= 15 is 0 Å². The first kappa shape index (κ1) is 18.7. The van der Waals surface area contributed by atoms with E-state index < -0.39 is 23.8 Å². The van der Waals surface area contributed by atoms with Crippen molar-refractivity contribution in [1.82, 2.24) is 10.2 Å². The number of benzene rings is 1. The highest BCUT2D eigenvalue weighted by Gasteiger charge is 2.37. The molecule has 0 saturated carbocycles. The van der Waals surface area contributed by atoms with Crippen molar-refractivity contribution in [1.29, 1.82) is 0 Å². The average Bonchev–Trinajstić information content (AvgIpc) is 2.36. The Morgan fingerprint density at radius 3 is 2.50 bits per heavy atom. The van der Waals surface area contributed by atoms with Crippen molar-refractivity contribution in [2.24, 2.45) is 0 Å². The molecule has 1 amide bonds. The summed E-state index contributed by atoms with van der Waals surface area (Å²) in [4.78, 5) is 13.0. The van der Waals surface area contributed by atoms with Crippen molar-refractivity contribution in [3.8, 4) is 0 Å². The lowest BCUT2D eigenvalue weighted by molar-refractivity contribution is 0.00848. The quantitative estimate of drug-likeness (QED) is 0.750. The van der Waals surface area contributed by atoms with E-state index in [1.54, 1.807) is 19.2 Å². The smallest absolute Gasteiger partial charge is 0.408 e. The number of aliphatic hydroxyl groups excluding tert-OH is 1. The van der Waals surface area contributed by atoms with E-state index in [1.165, 1.54) is 4.90 Å². The molecule has 0 saturated heterocycles. The highest BCUT2D eigenvalue weighted by molar-refractivity contribution is 6.30. The number of rotatable bonds is 6. The number of nitrogens with zero attached hydrogens (tertiary/aromatic N) is 1. The molecule has 0 aliphatic heterocycles. The predicted octanol–water partition coefficient (Wildman–Crippen LogP) is 2.61. The Kier molecular flexibility index (Phi) is 6.66. The van der Waals surface area contributed by atoms with E-state index in [-0.39, 0.29) is 0 Å². The van der Waals surface area contributed by atoms with Gasteiger partial charge in [-0.2, -0.15) is 0 Å². The van der Waals surface area contributed by atoms with Gasteiger partial charge >= 0.3 is 6.09 Å². The maximum atomic E-state index is 11.7. The summed E-state index contributed by atoms with van der Waals surface area (Å²) in [5.41, 5.74) is 0.271. The van der Waals surface area contributed by atoms with E-state index in [2.05, 4.69) is 5.32 Å². The lowest BCUT2D eigenvalue weighted by Crippen LogP contribution is -2.57. The number of hydrogen-bond donors (Lipinski definition) is 3. The van der Waals surface area contributed by atoms with E-state index in [4.69, 9.17) is 11.6 Å². The third-order valence-electron chi connectivity index (χ3n) is 3.45. The zero-order chi connectivity index (χ0) is 16.9.